The average Bonchev–Trinajstić information content (AvgIpc) is 2.37. The molecule has 2 heterocycles. The van der Waals surface area contributed by atoms with Gasteiger partial charge in [-0.2, -0.15) is 0 Å². The summed E-state index contributed by atoms with van der Waals surface area (Å²) in [6.45, 7) is 5.34. The van der Waals surface area contributed by atoms with Gasteiger partial charge in [0.1, 0.15) is 0 Å². The highest BCUT2D eigenvalue weighted by atomic mass is 16.2. The van der Waals surface area contributed by atoms with E-state index < -0.39 is 0 Å². The minimum absolute atomic E-state index is 0.0455. The van der Waals surface area contributed by atoms with E-state index in [1.165, 1.54) is 4.90 Å². The molecule has 2 aliphatic rings. The fraction of sp³-hybridized carbons (Fsp3) is 0.846. The third-order valence-corrected chi connectivity index (χ3v) is 4.00. The van der Waals surface area contributed by atoms with Gasteiger partial charge >= 0.3 is 0 Å². The number of imide groups is 1. The van der Waals surface area contributed by atoms with Crippen molar-refractivity contribution in [2.45, 2.75) is 25.3 Å². The lowest BCUT2D eigenvalue weighted by molar-refractivity contribution is -0.147. The molecule has 0 aromatic carbocycles. The molecule has 19 heavy (non-hydrogen) atoms. The first-order valence-electron chi connectivity index (χ1n) is 7.06. The zero-order valence-corrected chi connectivity index (χ0v) is 11.7. The van der Waals surface area contributed by atoms with Crippen molar-refractivity contribution in [3.63, 3.8) is 0 Å². The van der Waals surface area contributed by atoms with Gasteiger partial charge in [0.2, 0.25) is 11.8 Å². The third kappa shape index (κ3) is 3.99. The van der Waals surface area contributed by atoms with Gasteiger partial charge in [0, 0.05) is 58.2 Å². The number of likely N-dealkylation sites (tertiary alicyclic amines) is 1. The Morgan fingerprint density at radius 1 is 1.26 bits per heavy atom. The van der Waals surface area contributed by atoms with Crippen molar-refractivity contribution >= 4 is 11.8 Å². The fourth-order valence-corrected chi connectivity index (χ4v) is 2.58. The van der Waals surface area contributed by atoms with Gasteiger partial charge in [0.05, 0.1) is 0 Å². The first-order valence-corrected chi connectivity index (χ1v) is 7.06. The van der Waals surface area contributed by atoms with Crippen molar-refractivity contribution in [1.82, 2.24) is 14.7 Å². The topological polar surface area (TPSA) is 69.9 Å². The Hall–Kier alpha value is -0.980. The molecule has 1 atom stereocenters. The fourth-order valence-electron chi connectivity index (χ4n) is 2.58. The van der Waals surface area contributed by atoms with Crippen LogP contribution in [0.2, 0.25) is 0 Å². The Bertz CT molecular complexity index is 340. The van der Waals surface area contributed by atoms with Gasteiger partial charge in [-0.3, -0.25) is 14.5 Å². The maximum Gasteiger partial charge on any atom is 0.230 e. The average molecular weight is 268 g/mol. The summed E-state index contributed by atoms with van der Waals surface area (Å²) in [6, 6.07) is -0.0748. The molecule has 2 N–H and O–H groups in total. The van der Waals surface area contributed by atoms with E-state index in [1.54, 1.807) is 0 Å². The second-order valence-electron chi connectivity index (χ2n) is 5.59. The number of nitrogens with zero attached hydrogens (tertiary/aromatic N) is 3. The molecule has 2 aliphatic heterocycles. The van der Waals surface area contributed by atoms with Crippen LogP contribution < -0.4 is 5.73 Å². The van der Waals surface area contributed by atoms with E-state index in [0.717, 1.165) is 39.1 Å². The van der Waals surface area contributed by atoms with Crippen LogP contribution in [0.25, 0.3) is 0 Å². The summed E-state index contributed by atoms with van der Waals surface area (Å²) >= 11 is 0. The maximum atomic E-state index is 12.0. The van der Waals surface area contributed by atoms with Gasteiger partial charge in [-0.15, -0.1) is 0 Å². The van der Waals surface area contributed by atoms with Gasteiger partial charge in [0.25, 0.3) is 0 Å². The Kier molecular flexibility index (Phi) is 4.90. The van der Waals surface area contributed by atoms with Crippen molar-refractivity contribution in [3.05, 3.63) is 0 Å². The second kappa shape index (κ2) is 6.45. The van der Waals surface area contributed by atoms with Gasteiger partial charge < -0.3 is 15.5 Å². The molecule has 0 radical (unpaired) electrons. The van der Waals surface area contributed by atoms with Crippen molar-refractivity contribution in [2.24, 2.45) is 5.73 Å². The molecule has 0 saturated carbocycles. The quantitative estimate of drug-likeness (QED) is 0.718. The number of piperidine rings is 1. The molecule has 6 heteroatoms. The molecule has 1 unspecified atom stereocenters. The molecule has 0 aromatic heterocycles. The first kappa shape index (κ1) is 14.4. The van der Waals surface area contributed by atoms with E-state index in [1.807, 2.05) is 0 Å². The number of nitrogens with two attached hydrogens (primary N) is 1. The van der Waals surface area contributed by atoms with E-state index in [2.05, 4.69) is 16.8 Å². The summed E-state index contributed by atoms with van der Waals surface area (Å²) in [5.41, 5.74) is 5.72. The summed E-state index contributed by atoms with van der Waals surface area (Å²) in [7, 11) is 2.11. The van der Waals surface area contributed by atoms with Crippen LogP contribution in [-0.2, 0) is 9.59 Å². The summed E-state index contributed by atoms with van der Waals surface area (Å²) in [4.78, 5) is 29.8. The molecule has 0 aromatic rings. The van der Waals surface area contributed by atoms with Crippen LogP contribution in [0.4, 0.5) is 0 Å². The Labute approximate surface area is 114 Å². The molecule has 2 rings (SSSR count). The molecule has 0 bridgehead atoms. The van der Waals surface area contributed by atoms with Gasteiger partial charge in [0.15, 0.2) is 0 Å². The van der Waals surface area contributed by atoms with Crippen LogP contribution in [0.1, 0.15) is 19.3 Å². The maximum absolute atomic E-state index is 12.0. The smallest absolute Gasteiger partial charge is 0.230 e. The highest BCUT2D eigenvalue weighted by Crippen LogP contribution is 2.11. The zero-order valence-electron chi connectivity index (χ0n) is 11.7. The summed E-state index contributed by atoms with van der Waals surface area (Å²) in [5, 5.41) is 0. The molecule has 0 spiro atoms. The van der Waals surface area contributed by atoms with Gasteiger partial charge in [-0.25, -0.2) is 0 Å². The van der Waals surface area contributed by atoms with Crippen LogP contribution in [0.5, 0.6) is 0 Å². The number of hydrogen-bond acceptors (Lipinski definition) is 5. The monoisotopic (exact) mass is 268 g/mol. The molecule has 2 saturated heterocycles. The number of hydrogen-bond donors (Lipinski definition) is 1. The van der Waals surface area contributed by atoms with Crippen molar-refractivity contribution in [2.75, 3.05) is 46.3 Å². The number of likely N-dealkylation sites (N-methyl/N-ethyl adjacent to an activating group) is 1. The van der Waals surface area contributed by atoms with Crippen molar-refractivity contribution in [1.29, 1.82) is 0 Å². The van der Waals surface area contributed by atoms with Crippen LogP contribution in [0, 0.1) is 0 Å². The Balaban J connectivity index is 1.73. The molecular weight excluding hydrogens is 244 g/mol. The predicted molar refractivity (Wildman–Crippen MR) is 72.5 cm³/mol. The molecule has 2 fully saturated rings. The SMILES string of the molecule is CN1CCN(CCC(=O)N2CCC(N)CC2=O)CC1. The highest BCUT2D eigenvalue weighted by Gasteiger charge is 2.28. The largest absolute Gasteiger partial charge is 0.327 e. The molecule has 0 aliphatic carbocycles. The lowest BCUT2D eigenvalue weighted by Gasteiger charge is -2.33. The molecule has 108 valence electrons. The number of amides is 2. The lowest BCUT2D eigenvalue weighted by atomic mass is 10.1. The number of carbonyl (C=O) groups is 2. The predicted octanol–water partition coefficient (Wildman–Crippen LogP) is -0.900. The standard InChI is InChI=1S/C13H24N4O2/c1-15-6-8-16(9-7-15)4-3-12(18)17-5-2-11(14)10-13(17)19/h11H,2-10,14H2,1H3. The van der Waals surface area contributed by atoms with Crippen molar-refractivity contribution in [3.8, 4) is 0 Å². The van der Waals surface area contributed by atoms with E-state index in [-0.39, 0.29) is 17.9 Å². The van der Waals surface area contributed by atoms with Crippen LogP contribution in [0.15, 0.2) is 0 Å². The molecule has 2 amide bonds. The minimum Gasteiger partial charge on any atom is -0.327 e. The zero-order chi connectivity index (χ0) is 13.8. The second-order valence-corrected chi connectivity index (χ2v) is 5.59. The van der Waals surface area contributed by atoms with Gasteiger partial charge in [-0.1, -0.05) is 0 Å². The van der Waals surface area contributed by atoms with Gasteiger partial charge in [-0.05, 0) is 13.5 Å². The Morgan fingerprint density at radius 2 is 1.95 bits per heavy atom. The van der Waals surface area contributed by atoms with Crippen molar-refractivity contribution < 1.29 is 9.59 Å². The number of rotatable bonds is 3. The highest BCUT2D eigenvalue weighted by molar-refractivity contribution is 5.96. The van der Waals surface area contributed by atoms with E-state index in [0.29, 0.717) is 19.4 Å². The normalized spacial score (nSPS) is 26.7. The third-order valence-electron chi connectivity index (χ3n) is 4.00. The summed E-state index contributed by atoms with van der Waals surface area (Å²) in [6.07, 6.45) is 1.47. The van der Waals surface area contributed by atoms with E-state index >= 15 is 0 Å². The molecule has 6 nitrogen and oxygen atoms in total. The summed E-state index contributed by atoms with van der Waals surface area (Å²) < 4.78 is 0. The number of carbonyl (C=O) groups excluding carboxylic acids is 2. The van der Waals surface area contributed by atoms with Crippen LogP contribution in [-0.4, -0.2) is 78.9 Å². The first-order chi connectivity index (χ1) is 9.06. The molecular formula is C13H24N4O2. The minimum atomic E-state index is -0.109. The van der Waals surface area contributed by atoms with E-state index in [4.69, 9.17) is 5.73 Å². The van der Waals surface area contributed by atoms with Crippen LogP contribution in [0.3, 0.4) is 0 Å². The lowest BCUT2D eigenvalue weighted by Crippen LogP contribution is -2.49. The van der Waals surface area contributed by atoms with E-state index in [9.17, 15) is 9.59 Å². The Morgan fingerprint density at radius 3 is 2.58 bits per heavy atom. The van der Waals surface area contributed by atoms with Crippen LogP contribution >= 0.6 is 0 Å². The number of piperazine rings is 1. The summed E-state index contributed by atoms with van der Waals surface area (Å²) in [5.74, 6) is -0.155.